The third-order valence-electron chi connectivity index (χ3n) is 6.44. The second-order valence-corrected chi connectivity index (χ2v) is 8.98. The summed E-state index contributed by atoms with van der Waals surface area (Å²) in [4.78, 5) is 29.4. The molecule has 1 saturated heterocycles. The van der Waals surface area contributed by atoms with Crippen molar-refractivity contribution in [3.8, 4) is 17.0 Å². The number of nitrogens with one attached hydrogen (secondary N) is 1. The largest absolute Gasteiger partial charge is 0.496 e. The number of benzene rings is 1. The Morgan fingerprint density at radius 2 is 1.82 bits per heavy atom. The fourth-order valence-corrected chi connectivity index (χ4v) is 4.31. The van der Waals surface area contributed by atoms with Gasteiger partial charge < -0.3 is 20.7 Å². The van der Waals surface area contributed by atoms with Crippen molar-refractivity contribution in [2.45, 2.75) is 31.5 Å². The van der Waals surface area contributed by atoms with E-state index >= 15 is 4.39 Å². The molecule has 3 atom stereocenters. The van der Waals surface area contributed by atoms with E-state index in [2.05, 4.69) is 15.4 Å². The molecule has 0 saturated carbocycles. The monoisotopic (exact) mass is 580 g/mol. The van der Waals surface area contributed by atoms with Crippen LogP contribution < -0.4 is 15.8 Å². The number of hydrogen-bond acceptors (Lipinski definition) is 6. The van der Waals surface area contributed by atoms with Crippen LogP contribution in [0.25, 0.3) is 16.8 Å². The standard InChI is InChI=1S/C23H20F8N6O3/c1-9(22(26,27)28)21(39)36-6-14(25)15(7-36)35-20(38)11-3-10(13(24)5-17(11)40-2)16-4-12(23(29,30)31)18-19(32)33-8-34-37(16)18/h3-5,8-9,14-15H,6-7H2,1-2H3,(H,35,38)(H2,32,33,34)/t9?,14-,15+/m0/s1. The zero-order chi connectivity index (χ0) is 29.7. The molecular formula is C23H20F8N6O3. The number of likely N-dealkylation sites (tertiary alicyclic amines) is 1. The van der Waals surface area contributed by atoms with Crippen molar-refractivity contribution < 1.29 is 49.4 Å². The summed E-state index contributed by atoms with van der Waals surface area (Å²) in [5.74, 6) is -6.90. The zero-order valence-corrected chi connectivity index (χ0v) is 20.6. The number of alkyl halides is 7. The van der Waals surface area contributed by atoms with Crippen LogP contribution in [0.15, 0.2) is 24.5 Å². The summed E-state index contributed by atoms with van der Waals surface area (Å²) in [5.41, 5.74) is 2.26. The van der Waals surface area contributed by atoms with E-state index in [-0.39, 0.29) is 5.75 Å². The highest BCUT2D eigenvalue weighted by atomic mass is 19.4. The van der Waals surface area contributed by atoms with E-state index < -0.39 is 94.9 Å². The first-order valence-corrected chi connectivity index (χ1v) is 11.4. The normalized spacial score (nSPS) is 18.7. The van der Waals surface area contributed by atoms with Crippen molar-refractivity contribution in [2.24, 2.45) is 5.92 Å². The number of halogens is 8. The van der Waals surface area contributed by atoms with Crippen molar-refractivity contribution >= 4 is 23.1 Å². The van der Waals surface area contributed by atoms with Gasteiger partial charge in [0.05, 0.1) is 36.5 Å². The molecule has 9 nitrogen and oxygen atoms in total. The predicted molar refractivity (Wildman–Crippen MR) is 122 cm³/mol. The molecule has 4 rings (SSSR count). The van der Waals surface area contributed by atoms with E-state index in [0.29, 0.717) is 28.5 Å². The zero-order valence-electron chi connectivity index (χ0n) is 20.6. The highest BCUT2D eigenvalue weighted by Gasteiger charge is 2.46. The number of aromatic nitrogens is 3. The highest BCUT2D eigenvalue weighted by molar-refractivity contribution is 5.98. The van der Waals surface area contributed by atoms with Crippen LogP contribution in [0.5, 0.6) is 5.75 Å². The van der Waals surface area contributed by atoms with E-state index in [9.17, 15) is 40.3 Å². The van der Waals surface area contributed by atoms with Crippen LogP contribution in [0.3, 0.4) is 0 Å². The first-order valence-electron chi connectivity index (χ1n) is 11.4. The van der Waals surface area contributed by atoms with Gasteiger partial charge in [0, 0.05) is 18.2 Å². The first-order chi connectivity index (χ1) is 18.5. The summed E-state index contributed by atoms with van der Waals surface area (Å²) in [6.07, 6.45) is -10.9. The van der Waals surface area contributed by atoms with Gasteiger partial charge in [0.25, 0.3) is 5.91 Å². The molecule has 1 aromatic carbocycles. The molecule has 0 spiro atoms. The molecule has 216 valence electrons. The molecule has 0 radical (unpaired) electrons. The van der Waals surface area contributed by atoms with Gasteiger partial charge in [-0.2, -0.15) is 31.4 Å². The molecule has 1 aliphatic rings. The average molecular weight is 580 g/mol. The minimum Gasteiger partial charge on any atom is -0.496 e. The maximum Gasteiger partial charge on any atom is 0.418 e. The molecule has 2 amide bonds. The van der Waals surface area contributed by atoms with Gasteiger partial charge in [0.1, 0.15) is 35.5 Å². The number of amides is 2. The lowest BCUT2D eigenvalue weighted by molar-refractivity contribution is -0.185. The predicted octanol–water partition coefficient (Wildman–Crippen LogP) is 3.62. The molecule has 0 aliphatic carbocycles. The number of methoxy groups -OCH3 is 1. The highest BCUT2D eigenvalue weighted by Crippen LogP contribution is 2.40. The second kappa shape index (κ2) is 10.1. The lowest BCUT2D eigenvalue weighted by atomic mass is 10.0. The smallest absolute Gasteiger partial charge is 0.418 e. The molecular weight excluding hydrogens is 560 g/mol. The van der Waals surface area contributed by atoms with Crippen molar-refractivity contribution in [1.82, 2.24) is 24.8 Å². The maximum atomic E-state index is 15.1. The van der Waals surface area contributed by atoms with Crippen LogP contribution in [0.4, 0.5) is 40.9 Å². The fraction of sp³-hybridized carbons (Fsp3) is 0.391. The molecule has 0 bridgehead atoms. The number of anilines is 1. The molecule has 3 aromatic rings. The molecule has 1 unspecified atom stereocenters. The van der Waals surface area contributed by atoms with E-state index in [1.54, 1.807) is 0 Å². The Morgan fingerprint density at radius 1 is 1.15 bits per heavy atom. The number of carbonyl (C=O) groups is 2. The number of nitrogens with two attached hydrogens (primary N) is 1. The van der Waals surface area contributed by atoms with Gasteiger partial charge in [-0.05, 0) is 19.1 Å². The number of fused-ring (bicyclic) bond motifs is 1. The van der Waals surface area contributed by atoms with Crippen molar-refractivity contribution in [1.29, 1.82) is 0 Å². The fourth-order valence-electron chi connectivity index (χ4n) is 4.31. The van der Waals surface area contributed by atoms with E-state index in [4.69, 9.17) is 10.5 Å². The second-order valence-electron chi connectivity index (χ2n) is 8.98. The Bertz CT molecular complexity index is 1470. The third-order valence-corrected chi connectivity index (χ3v) is 6.44. The van der Waals surface area contributed by atoms with E-state index in [1.807, 2.05) is 0 Å². The maximum absolute atomic E-state index is 15.1. The van der Waals surface area contributed by atoms with Crippen LogP contribution in [0.1, 0.15) is 22.8 Å². The summed E-state index contributed by atoms with van der Waals surface area (Å²) < 4.78 is 115. The first kappa shape index (κ1) is 28.8. The Hall–Kier alpha value is -4.18. The Morgan fingerprint density at radius 3 is 2.42 bits per heavy atom. The van der Waals surface area contributed by atoms with Gasteiger partial charge in [-0.1, -0.05) is 0 Å². The molecule has 3 N–H and O–H groups in total. The summed E-state index contributed by atoms with van der Waals surface area (Å²) in [6, 6.07) is 0.686. The van der Waals surface area contributed by atoms with Gasteiger partial charge in [-0.25, -0.2) is 18.3 Å². The summed E-state index contributed by atoms with van der Waals surface area (Å²) in [7, 11) is 1.07. The minimum absolute atomic E-state index is 0.378. The summed E-state index contributed by atoms with van der Waals surface area (Å²) in [6.45, 7) is -0.676. The number of ether oxygens (including phenoxy) is 1. The van der Waals surface area contributed by atoms with Crippen LogP contribution in [-0.4, -0.2) is 69.9 Å². The SMILES string of the molecule is COc1cc(F)c(-c2cc(C(F)(F)F)c3c(N)ncnn23)cc1C(=O)N[C@@H]1CN(C(=O)C(C)C(F)(F)F)C[C@@H]1F. The lowest BCUT2D eigenvalue weighted by Crippen LogP contribution is -2.43. The Balaban J connectivity index is 1.69. The summed E-state index contributed by atoms with van der Waals surface area (Å²) >= 11 is 0. The average Bonchev–Trinajstić information content (AvgIpc) is 3.44. The number of rotatable bonds is 5. The van der Waals surface area contributed by atoms with Gasteiger partial charge in [0.15, 0.2) is 5.82 Å². The van der Waals surface area contributed by atoms with Gasteiger partial charge in [0.2, 0.25) is 5.91 Å². The van der Waals surface area contributed by atoms with Gasteiger partial charge in [-0.15, -0.1) is 0 Å². The topological polar surface area (TPSA) is 115 Å². The molecule has 17 heteroatoms. The molecule has 2 aromatic heterocycles. The summed E-state index contributed by atoms with van der Waals surface area (Å²) in [5, 5.41) is 5.95. The quantitative estimate of drug-likeness (QED) is 0.446. The number of carbonyl (C=O) groups excluding carboxylic acids is 2. The Labute approximate surface area is 219 Å². The van der Waals surface area contributed by atoms with Gasteiger partial charge >= 0.3 is 12.4 Å². The molecule has 1 aliphatic heterocycles. The van der Waals surface area contributed by atoms with Crippen molar-refractivity contribution in [3.05, 3.63) is 41.5 Å². The van der Waals surface area contributed by atoms with Crippen LogP contribution in [-0.2, 0) is 11.0 Å². The van der Waals surface area contributed by atoms with Crippen molar-refractivity contribution in [2.75, 3.05) is 25.9 Å². The van der Waals surface area contributed by atoms with Crippen LogP contribution in [0, 0.1) is 11.7 Å². The number of hydrogen-bond donors (Lipinski definition) is 2. The van der Waals surface area contributed by atoms with Crippen molar-refractivity contribution in [3.63, 3.8) is 0 Å². The third kappa shape index (κ3) is 5.19. The minimum atomic E-state index is -4.93. The van der Waals surface area contributed by atoms with Gasteiger partial charge in [-0.3, -0.25) is 9.59 Å². The van der Waals surface area contributed by atoms with Crippen LogP contribution >= 0.6 is 0 Å². The number of nitrogens with zero attached hydrogens (tertiary/aromatic N) is 4. The van der Waals surface area contributed by atoms with E-state index in [1.165, 1.54) is 0 Å². The molecule has 1 fully saturated rings. The molecule has 40 heavy (non-hydrogen) atoms. The van der Waals surface area contributed by atoms with E-state index in [0.717, 1.165) is 19.5 Å². The molecule has 3 heterocycles. The number of nitrogen functional groups attached to an aromatic ring is 1. The lowest BCUT2D eigenvalue weighted by Gasteiger charge is -2.22. The Kier molecular flexibility index (Phi) is 7.27. The van der Waals surface area contributed by atoms with Crippen LogP contribution in [0.2, 0.25) is 0 Å².